The number of halogens is 3. The molecule has 0 atom stereocenters. The van der Waals surface area contributed by atoms with Gasteiger partial charge in [0.25, 0.3) is 0 Å². The lowest BCUT2D eigenvalue weighted by atomic mass is 10.1. The minimum atomic E-state index is -4.35. The van der Waals surface area contributed by atoms with Gasteiger partial charge in [-0.2, -0.15) is 18.3 Å². The number of hydrogen-bond acceptors (Lipinski definition) is 2. The standard InChI is InChI=1S/C14H10F3N3/c1-9-7-13-18-12(5-6-20(13)19-9)10-3-2-4-11(8-10)14(15,16)17/h2-8H,1H3. The Balaban J connectivity index is 2.10. The van der Waals surface area contributed by atoms with Crippen molar-refractivity contribution in [2.24, 2.45) is 0 Å². The molecule has 3 rings (SSSR count). The van der Waals surface area contributed by atoms with Gasteiger partial charge in [-0.05, 0) is 25.1 Å². The monoisotopic (exact) mass is 277 g/mol. The highest BCUT2D eigenvalue weighted by Gasteiger charge is 2.30. The van der Waals surface area contributed by atoms with Gasteiger partial charge in [-0.3, -0.25) is 0 Å². The Morgan fingerprint density at radius 2 is 1.90 bits per heavy atom. The summed E-state index contributed by atoms with van der Waals surface area (Å²) in [5.41, 5.74) is 1.65. The largest absolute Gasteiger partial charge is 0.416 e. The Morgan fingerprint density at radius 3 is 2.65 bits per heavy atom. The molecule has 0 bridgehead atoms. The Bertz CT molecular complexity index is 775. The van der Waals surface area contributed by atoms with Crippen LogP contribution in [0, 0.1) is 6.92 Å². The molecule has 20 heavy (non-hydrogen) atoms. The number of fused-ring (bicyclic) bond motifs is 1. The van der Waals surface area contributed by atoms with Crippen LogP contribution in [0.15, 0.2) is 42.6 Å². The van der Waals surface area contributed by atoms with Gasteiger partial charge in [-0.1, -0.05) is 12.1 Å². The lowest BCUT2D eigenvalue weighted by Gasteiger charge is -2.08. The Hall–Kier alpha value is -2.37. The summed E-state index contributed by atoms with van der Waals surface area (Å²) in [6.07, 6.45) is -2.67. The van der Waals surface area contributed by atoms with Crippen LogP contribution in [0.25, 0.3) is 16.9 Å². The van der Waals surface area contributed by atoms with E-state index < -0.39 is 11.7 Å². The summed E-state index contributed by atoms with van der Waals surface area (Å²) in [4.78, 5) is 4.32. The molecule has 2 aromatic heterocycles. The molecule has 0 N–H and O–H groups in total. The highest BCUT2D eigenvalue weighted by molar-refractivity contribution is 5.62. The van der Waals surface area contributed by atoms with Crippen LogP contribution in [0.1, 0.15) is 11.3 Å². The average Bonchev–Trinajstić information content (AvgIpc) is 2.77. The highest BCUT2D eigenvalue weighted by atomic mass is 19.4. The molecule has 2 heterocycles. The predicted octanol–water partition coefficient (Wildman–Crippen LogP) is 3.72. The predicted molar refractivity (Wildman–Crippen MR) is 68.2 cm³/mol. The van der Waals surface area contributed by atoms with Gasteiger partial charge in [0, 0.05) is 17.8 Å². The van der Waals surface area contributed by atoms with Crippen LogP contribution in [0.5, 0.6) is 0 Å². The summed E-state index contributed by atoms with van der Waals surface area (Å²) in [6, 6.07) is 8.56. The fraction of sp³-hybridized carbons (Fsp3) is 0.143. The number of rotatable bonds is 1. The maximum absolute atomic E-state index is 12.7. The van der Waals surface area contributed by atoms with Gasteiger partial charge in [-0.15, -0.1) is 0 Å². The molecule has 0 fully saturated rings. The number of nitrogens with zero attached hydrogens (tertiary/aromatic N) is 3. The summed E-state index contributed by atoms with van der Waals surface area (Å²) in [5, 5.41) is 4.18. The van der Waals surface area contributed by atoms with Crippen LogP contribution >= 0.6 is 0 Å². The van der Waals surface area contributed by atoms with Crippen molar-refractivity contribution in [1.29, 1.82) is 0 Å². The van der Waals surface area contributed by atoms with Gasteiger partial charge in [-0.25, -0.2) is 9.50 Å². The first-order valence-corrected chi connectivity index (χ1v) is 5.94. The van der Waals surface area contributed by atoms with Gasteiger partial charge < -0.3 is 0 Å². The summed E-state index contributed by atoms with van der Waals surface area (Å²) >= 11 is 0. The molecule has 0 amide bonds. The Labute approximate surface area is 112 Å². The number of benzene rings is 1. The molecule has 1 aromatic carbocycles. The van der Waals surface area contributed by atoms with Crippen molar-refractivity contribution in [2.75, 3.05) is 0 Å². The topological polar surface area (TPSA) is 30.2 Å². The van der Waals surface area contributed by atoms with E-state index in [9.17, 15) is 13.2 Å². The van der Waals surface area contributed by atoms with Crippen molar-refractivity contribution in [3.8, 4) is 11.3 Å². The van der Waals surface area contributed by atoms with Gasteiger partial charge in [0.1, 0.15) is 0 Å². The van der Waals surface area contributed by atoms with E-state index in [0.717, 1.165) is 17.8 Å². The number of hydrogen-bond donors (Lipinski definition) is 0. The van der Waals surface area contributed by atoms with Crippen molar-refractivity contribution < 1.29 is 13.2 Å². The zero-order chi connectivity index (χ0) is 14.3. The lowest BCUT2D eigenvalue weighted by molar-refractivity contribution is -0.137. The third kappa shape index (κ3) is 2.24. The van der Waals surface area contributed by atoms with Crippen LogP contribution in [0.3, 0.4) is 0 Å². The Morgan fingerprint density at radius 1 is 1.10 bits per heavy atom. The van der Waals surface area contributed by atoms with E-state index in [1.54, 1.807) is 28.9 Å². The summed E-state index contributed by atoms with van der Waals surface area (Å²) in [6.45, 7) is 1.83. The molecule has 0 aliphatic carbocycles. The maximum Gasteiger partial charge on any atom is 0.416 e. The van der Waals surface area contributed by atoms with E-state index in [0.29, 0.717) is 16.9 Å². The van der Waals surface area contributed by atoms with Crippen molar-refractivity contribution in [1.82, 2.24) is 14.6 Å². The molecule has 3 nitrogen and oxygen atoms in total. The zero-order valence-electron chi connectivity index (χ0n) is 10.5. The maximum atomic E-state index is 12.7. The summed E-state index contributed by atoms with van der Waals surface area (Å²) < 4.78 is 39.7. The van der Waals surface area contributed by atoms with Crippen LogP contribution in [-0.2, 0) is 6.18 Å². The average molecular weight is 277 g/mol. The fourth-order valence-corrected chi connectivity index (χ4v) is 2.01. The summed E-state index contributed by atoms with van der Waals surface area (Å²) in [5.74, 6) is 0. The van der Waals surface area contributed by atoms with E-state index in [1.165, 1.54) is 6.07 Å². The van der Waals surface area contributed by atoms with Gasteiger partial charge >= 0.3 is 6.18 Å². The third-order valence-corrected chi connectivity index (χ3v) is 2.93. The first kappa shape index (κ1) is 12.7. The van der Waals surface area contributed by atoms with E-state index in [-0.39, 0.29) is 0 Å². The van der Waals surface area contributed by atoms with Gasteiger partial charge in [0.15, 0.2) is 5.65 Å². The Kier molecular flexibility index (Phi) is 2.74. The first-order chi connectivity index (χ1) is 9.43. The quantitative estimate of drug-likeness (QED) is 0.678. The second-order valence-electron chi connectivity index (χ2n) is 4.48. The molecule has 0 saturated heterocycles. The number of alkyl halides is 3. The summed E-state index contributed by atoms with van der Waals surface area (Å²) in [7, 11) is 0. The normalized spacial score (nSPS) is 12.0. The van der Waals surface area contributed by atoms with Crippen molar-refractivity contribution >= 4 is 5.65 Å². The van der Waals surface area contributed by atoms with Crippen LogP contribution in [-0.4, -0.2) is 14.6 Å². The second kappa shape index (κ2) is 4.33. The van der Waals surface area contributed by atoms with Crippen molar-refractivity contribution in [3.63, 3.8) is 0 Å². The molecule has 0 radical (unpaired) electrons. The molecule has 0 saturated carbocycles. The van der Waals surface area contributed by atoms with E-state index >= 15 is 0 Å². The van der Waals surface area contributed by atoms with Crippen LogP contribution in [0.2, 0.25) is 0 Å². The lowest BCUT2D eigenvalue weighted by Crippen LogP contribution is -2.04. The molecule has 6 heteroatoms. The van der Waals surface area contributed by atoms with Crippen molar-refractivity contribution in [3.05, 3.63) is 53.9 Å². The molecule has 0 aliphatic rings. The first-order valence-electron chi connectivity index (χ1n) is 5.94. The molecule has 3 aromatic rings. The van der Waals surface area contributed by atoms with E-state index in [1.807, 2.05) is 6.92 Å². The van der Waals surface area contributed by atoms with Crippen molar-refractivity contribution in [2.45, 2.75) is 13.1 Å². The number of aromatic nitrogens is 3. The molecule has 0 spiro atoms. The zero-order valence-corrected chi connectivity index (χ0v) is 10.5. The molecule has 102 valence electrons. The molecular weight excluding hydrogens is 267 g/mol. The smallest absolute Gasteiger partial charge is 0.229 e. The van der Waals surface area contributed by atoms with Crippen LogP contribution < -0.4 is 0 Å². The van der Waals surface area contributed by atoms with Gasteiger partial charge in [0.05, 0.1) is 17.0 Å². The molecule has 0 unspecified atom stereocenters. The highest BCUT2D eigenvalue weighted by Crippen LogP contribution is 2.31. The minimum Gasteiger partial charge on any atom is -0.229 e. The number of aryl methyl sites for hydroxylation is 1. The second-order valence-corrected chi connectivity index (χ2v) is 4.48. The van der Waals surface area contributed by atoms with E-state index in [4.69, 9.17) is 0 Å². The minimum absolute atomic E-state index is 0.432. The van der Waals surface area contributed by atoms with E-state index in [2.05, 4.69) is 10.1 Å². The molecule has 0 aliphatic heterocycles. The third-order valence-electron chi connectivity index (χ3n) is 2.93. The fourth-order valence-electron chi connectivity index (χ4n) is 2.01. The molecular formula is C14H10F3N3. The van der Waals surface area contributed by atoms with Gasteiger partial charge in [0.2, 0.25) is 0 Å². The SMILES string of the molecule is Cc1cc2nc(-c3cccc(C(F)(F)F)c3)ccn2n1. The van der Waals surface area contributed by atoms with Crippen LogP contribution in [0.4, 0.5) is 13.2 Å².